The largest absolute Gasteiger partial charge is 0.447 e. The van der Waals surface area contributed by atoms with Gasteiger partial charge in [0.2, 0.25) is 5.91 Å². The van der Waals surface area contributed by atoms with Crippen LogP contribution in [0.1, 0.15) is 5.56 Å². The second-order valence-corrected chi connectivity index (χ2v) is 11.1. The van der Waals surface area contributed by atoms with Gasteiger partial charge >= 0.3 is 6.09 Å². The number of cyclic esters (lactones) is 1. The summed E-state index contributed by atoms with van der Waals surface area (Å²) in [6.45, 7) is 4.81. The molecular weight excluding hydrogens is 366 g/mol. The van der Waals surface area contributed by atoms with E-state index in [4.69, 9.17) is 16.3 Å². The van der Waals surface area contributed by atoms with Gasteiger partial charge in [0.15, 0.2) is 0 Å². The molecule has 0 spiro atoms. The van der Waals surface area contributed by atoms with E-state index in [1.165, 1.54) is 4.90 Å². The summed E-state index contributed by atoms with van der Waals surface area (Å²) < 4.78 is 5.23. The number of benzene rings is 1. The highest BCUT2D eigenvalue weighted by molar-refractivity contribution is 6.58. The van der Waals surface area contributed by atoms with E-state index < -0.39 is 14.9 Å². The average molecular weight is 389 g/mol. The van der Waals surface area contributed by atoms with Crippen LogP contribution in [0.5, 0.6) is 0 Å². The van der Waals surface area contributed by atoms with Gasteiger partial charge in [0, 0.05) is 8.80 Å². The summed E-state index contributed by atoms with van der Waals surface area (Å²) in [4.78, 5) is 27.0. The van der Waals surface area contributed by atoms with Crippen molar-refractivity contribution in [2.75, 3.05) is 6.61 Å². The first-order valence-corrected chi connectivity index (χ1v) is 12.2. The number of hydrogen-bond acceptors (Lipinski definition) is 3. The van der Waals surface area contributed by atoms with Gasteiger partial charge in [-0.3, -0.25) is 4.79 Å². The smallest absolute Gasteiger partial charge is 0.416 e. The van der Waals surface area contributed by atoms with Crippen LogP contribution in [0, 0.1) is 17.8 Å². The van der Waals surface area contributed by atoms with Gasteiger partial charge < -0.3 is 4.74 Å². The number of halogens is 1. The summed E-state index contributed by atoms with van der Waals surface area (Å²) >= 11 is 6.71. The van der Waals surface area contributed by atoms with Gasteiger partial charge in [-0.05, 0) is 29.4 Å². The van der Waals surface area contributed by atoms with E-state index in [1.807, 2.05) is 30.3 Å². The second-order valence-electron chi connectivity index (χ2n) is 7.74. The molecule has 1 heterocycles. The molecule has 1 saturated heterocycles. The maximum absolute atomic E-state index is 13.3. The van der Waals surface area contributed by atoms with E-state index in [9.17, 15) is 9.59 Å². The quantitative estimate of drug-likeness (QED) is 0.448. The summed E-state index contributed by atoms with van der Waals surface area (Å²) in [5, 5.41) is -0.229. The van der Waals surface area contributed by atoms with Crippen LogP contribution in [0.4, 0.5) is 4.79 Å². The van der Waals surface area contributed by atoms with Crippen LogP contribution < -0.4 is 0 Å². The molecule has 4 rings (SSSR count). The molecule has 1 aliphatic heterocycles. The van der Waals surface area contributed by atoms with E-state index in [-0.39, 0.29) is 41.7 Å². The van der Waals surface area contributed by atoms with Crippen LogP contribution in [-0.2, 0) is 16.0 Å². The summed E-state index contributed by atoms with van der Waals surface area (Å²) in [5.41, 5.74) is 1.57. The lowest BCUT2D eigenvalue weighted by atomic mass is 9.91. The van der Waals surface area contributed by atoms with Crippen LogP contribution >= 0.6 is 11.6 Å². The monoisotopic (exact) mass is 388 g/mol. The predicted octanol–water partition coefficient (Wildman–Crippen LogP) is 3.74. The molecular formula is C20H23ClNO3Si. The Morgan fingerprint density at radius 1 is 1.23 bits per heavy atom. The van der Waals surface area contributed by atoms with Gasteiger partial charge in [0.05, 0.1) is 17.3 Å². The van der Waals surface area contributed by atoms with E-state index in [2.05, 4.69) is 25.2 Å². The lowest BCUT2D eigenvalue weighted by molar-refractivity contribution is -0.134. The number of amides is 2. The first-order valence-electron chi connectivity index (χ1n) is 9.15. The number of imide groups is 1. The molecule has 26 heavy (non-hydrogen) atoms. The van der Waals surface area contributed by atoms with Crippen molar-refractivity contribution in [3.8, 4) is 0 Å². The summed E-state index contributed by atoms with van der Waals surface area (Å²) in [6.07, 6.45) is 4.42. The molecule has 3 aliphatic rings. The van der Waals surface area contributed by atoms with Crippen molar-refractivity contribution in [3.63, 3.8) is 0 Å². The summed E-state index contributed by atoms with van der Waals surface area (Å²) in [5.74, 6) is -0.0608. The molecule has 6 atom stereocenters. The van der Waals surface area contributed by atoms with Crippen molar-refractivity contribution < 1.29 is 14.3 Å². The highest BCUT2D eigenvalue weighted by atomic mass is 35.5. The van der Waals surface area contributed by atoms with Gasteiger partial charge in [-0.25, -0.2) is 9.69 Å². The highest BCUT2D eigenvalue weighted by Crippen LogP contribution is 2.56. The molecule has 1 saturated carbocycles. The van der Waals surface area contributed by atoms with E-state index in [0.29, 0.717) is 12.0 Å². The van der Waals surface area contributed by atoms with Crippen molar-refractivity contribution in [1.82, 2.24) is 4.90 Å². The third kappa shape index (κ3) is 2.81. The standard InChI is InChI=1S/C20H23ClNO3Si/c1-26(2)18-14-8-9-15(18)17(21)16(14)19(23)22-13(11-25-20(22)24)10-12-6-4-3-5-7-12/h3-9,13-18H,10-11H2,1-2H3/t13-,14+,15-,16-,17-,18-/m0/s1. The van der Waals surface area contributed by atoms with Gasteiger partial charge in [-0.1, -0.05) is 55.6 Å². The minimum atomic E-state index is -0.577. The van der Waals surface area contributed by atoms with Crippen molar-refractivity contribution in [3.05, 3.63) is 48.0 Å². The number of nitrogens with zero attached hydrogens (tertiary/aromatic N) is 1. The van der Waals surface area contributed by atoms with Crippen molar-refractivity contribution in [2.24, 2.45) is 17.8 Å². The highest BCUT2D eigenvalue weighted by Gasteiger charge is 2.57. The predicted molar refractivity (Wildman–Crippen MR) is 103 cm³/mol. The topological polar surface area (TPSA) is 46.6 Å². The van der Waals surface area contributed by atoms with Gasteiger partial charge in [-0.2, -0.15) is 0 Å². The number of ether oxygens (including phenoxy) is 1. The van der Waals surface area contributed by atoms with Crippen LogP contribution in [0.25, 0.3) is 0 Å². The molecule has 6 heteroatoms. The number of carbonyl (C=O) groups is 2. The Hall–Kier alpha value is -1.59. The number of rotatable bonds is 4. The summed E-state index contributed by atoms with van der Waals surface area (Å²) in [6, 6.07) is 9.65. The number of fused-ring (bicyclic) bond motifs is 2. The number of allylic oxidation sites excluding steroid dienone is 2. The zero-order chi connectivity index (χ0) is 18.4. The summed E-state index contributed by atoms with van der Waals surface area (Å²) in [7, 11) is -0.577. The molecule has 0 N–H and O–H groups in total. The normalized spacial score (nSPS) is 35.4. The molecule has 2 fully saturated rings. The van der Waals surface area contributed by atoms with Crippen LogP contribution in [0.3, 0.4) is 0 Å². The van der Waals surface area contributed by atoms with Gasteiger partial charge in [0.25, 0.3) is 0 Å². The molecule has 1 radical (unpaired) electrons. The molecule has 2 amide bonds. The van der Waals surface area contributed by atoms with Crippen molar-refractivity contribution in [2.45, 2.75) is 36.5 Å². The van der Waals surface area contributed by atoms with E-state index in [1.54, 1.807) is 0 Å². The van der Waals surface area contributed by atoms with E-state index in [0.717, 1.165) is 5.56 Å². The molecule has 2 aliphatic carbocycles. The molecule has 4 nitrogen and oxygen atoms in total. The molecule has 2 bridgehead atoms. The van der Waals surface area contributed by atoms with E-state index >= 15 is 0 Å². The Morgan fingerprint density at radius 3 is 2.58 bits per heavy atom. The van der Waals surface area contributed by atoms with Gasteiger partial charge in [0.1, 0.15) is 6.61 Å². The number of alkyl halides is 1. The fourth-order valence-electron chi connectivity index (χ4n) is 4.85. The van der Waals surface area contributed by atoms with Crippen LogP contribution in [0.15, 0.2) is 42.5 Å². The Morgan fingerprint density at radius 2 is 1.92 bits per heavy atom. The maximum Gasteiger partial charge on any atom is 0.416 e. The first-order chi connectivity index (χ1) is 12.5. The van der Waals surface area contributed by atoms with Crippen molar-refractivity contribution in [1.29, 1.82) is 0 Å². The lowest BCUT2D eigenvalue weighted by Gasteiger charge is -2.28. The Labute approximate surface area is 160 Å². The average Bonchev–Trinajstić information content (AvgIpc) is 3.27. The third-order valence-electron chi connectivity index (χ3n) is 5.97. The molecule has 1 aromatic carbocycles. The number of carbonyl (C=O) groups excluding carboxylic acids is 2. The maximum atomic E-state index is 13.3. The Kier molecular flexibility index (Phi) is 4.69. The second kappa shape index (κ2) is 6.85. The van der Waals surface area contributed by atoms with Gasteiger partial charge in [-0.15, -0.1) is 11.6 Å². The lowest BCUT2D eigenvalue weighted by Crippen LogP contribution is -2.46. The molecule has 0 unspecified atom stereocenters. The first kappa shape index (κ1) is 17.8. The molecule has 0 aromatic heterocycles. The SMILES string of the molecule is C[Si](C)[C@H]1[C@@H]2C=C[C@H]1[C@H](Cl)[C@H]2C(=O)N1C(=O)OC[C@@H]1Cc1ccccc1. The van der Waals surface area contributed by atoms with Crippen LogP contribution in [-0.4, -0.2) is 43.7 Å². The molecule has 137 valence electrons. The zero-order valence-corrected chi connectivity index (χ0v) is 16.7. The minimum absolute atomic E-state index is 0.154. The fourth-order valence-corrected chi connectivity index (χ4v) is 7.66. The zero-order valence-electron chi connectivity index (χ0n) is 15.0. The fraction of sp³-hybridized carbons (Fsp3) is 0.500. The van der Waals surface area contributed by atoms with Crippen LogP contribution in [0.2, 0.25) is 18.6 Å². The Balaban J connectivity index is 1.56. The molecule has 1 aromatic rings. The number of hydrogen-bond donors (Lipinski definition) is 0. The third-order valence-corrected chi connectivity index (χ3v) is 8.64. The Bertz CT molecular complexity index is 738. The minimum Gasteiger partial charge on any atom is -0.447 e. The van der Waals surface area contributed by atoms with Crippen molar-refractivity contribution >= 4 is 32.4 Å².